The summed E-state index contributed by atoms with van der Waals surface area (Å²) in [5, 5.41) is 4.69. The van der Waals surface area contributed by atoms with E-state index in [9.17, 15) is 9.59 Å². The van der Waals surface area contributed by atoms with Crippen molar-refractivity contribution in [1.82, 2.24) is 5.43 Å². The van der Waals surface area contributed by atoms with Crippen LogP contribution in [0.15, 0.2) is 68.9 Å². The van der Waals surface area contributed by atoms with Crippen LogP contribution in [0.1, 0.15) is 11.1 Å². The molecule has 1 amide bonds. The van der Waals surface area contributed by atoms with Gasteiger partial charge in [-0.3, -0.25) is 4.79 Å². The Kier molecular flexibility index (Phi) is 4.89. The summed E-state index contributed by atoms with van der Waals surface area (Å²) in [6.07, 6.45) is 1.55. The highest BCUT2D eigenvalue weighted by atomic mass is 16.5. The monoisotopic (exact) mass is 336 g/mol. The second kappa shape index (κ2) is 7.44. The average Bonchev–Trinajstić information content (AvgIpc) is 2.60. The van der Waals surface area contributed by atoms with Gasteiger partial charge < -0.3 is 9.15 Å². The van der Waals surface area contributed by atoms with Crippen LogP contribution in [0.25, 0.3) is 11.0 Å². The second-order valence-corrected chi connectivity index (χ2v) is 5.40. The standard InChI is InChI=1S/C19H16N2O4/c1-13-9-19(23)25-17-10-15(7-8-16(13)17)24-12-18(22)21-20-11-14-5-3-2-4-6-14/h2-11H,12H2,1H3,(H,21,22)/b20-11-. The first kappa shape index (κ1) is 16.4. The molecule has 6 nitrogen and oxygen atoms in total. The van der Waals surface area contributed by atoms with Gasteiger partial charge in [0.25, 0.3) is 5.91 Å². The van der Waals surface area contributed by atoms with Gasteiger partial charge in [0.2, 0.25) is 0 Å². The number of carbonyl (C=O) groups is 1. The minimum atomic E-state index is -0.421. The number of hydrogen-bond acceptors (Lipinski definition) is 5. The third-order valence-corrected chi connectivity index (χ3v) is 3.50. The van der Waals surface area contributed by atoms with Gasteiger partial charge in [-0.2, -0.15) is 5.10 Å². The smallest absolute Gasteiger partial charge is 0.336 e. The van der Waals surface area contributed by atoms with Crippen molar-refractivity contribution >= 4 is 23.1 Å². The Bertz CT molecular complexity index is 978. The fourth-order valence-electron chi connectivity index (χ4n) is 2.29. The molecular weight excluding hydrogens is 320 g/mol. The van der Waals surface area contributed by atoms with Gasteiger partial charge in [-0.1, -0.05) is 30.3 Å². The first-order valence-corrected chi connectivity index (χ1v) is 7.66. The van der Waals surface area contributed by atoms with E-state index in [2.05, 4.69) is 10.5 Å². The molecule has 0 saturated carbocycles. The van der Waals surface area contributed by atoms with Gasteiger partial charge in [0, 0.05) is 17.5 Å². The van der Waals surface area contributed by atoms with Crippen molar-refractivity contribution in [3.05, 3.63) is 76.1 Å². The lowest BCUT2D eigenvalue weighted by molar-refractivity contribution is -0.123. The largest absolute Gasteiger partial charge is 0.484 e. The Morgan fingerprint density at radius 1 is 1.20 bits per heavy atom. The quantitative estimate of drug-likeness (QED) is 0.441. The Morgan fingerprint density at radius 3 is 2.80 bits per heavy atom. The van der Waals surface area contributed by atoms with Gasteiger partial charge in [0.05, 0.1) is 6.21 Å². The third kappa shape index (κ3) is 4.32. The molecule has 6 heteroatoms. The van der Waals surface area contributed by atoms with Crippen LogP contribution in [-0.2, 0) is 4.79 Å². The highest BCUT2D eigenvalue weighted by molar-refractivity contribution is 5.83. The molecule has 0 radical (unpaired) electrons. The van der Waals surface area contributed by atoms with Gasteiger partial charge in [-0.15, -0.1) is 0 Å². The molecule has 0 aliphatic heterocycles. The SMILES string of the molecule is Cc1cc(=O)oc2cc(OCC(=O)N/N=C\c3ccccc3)ccc12. The maximum atomic E-state index is 11.8. The van der Waals surface area contributed by atoms with Gasteiger partial charge in [-0.05, 0) is 30.2 Å². The summed E-state index contributed by atoms with van der Waals surface area (Å²) in [7, 11) is 0. The van der Waals surface area contributed by atoms with E-state index in [1.165, 1.54) is 6.07 Å². The van der Waals surface area contributed by atoms with Crippen molar-refractivity contribution in [2.24, 2.45) is 5.10 Å². The van der Waals surface area contributed by atoms with Gasteiger partial charge >= 0.3 is 5.63 Å². The van der Waals surface area contributed by atoms with Crippen molar-refractivity contribution in [3.63, 3.8) is 0 Å². The van der Waals surface area contributed by atoms with Crippen molar-refractivity contribution in [1.29, 1.82) is 0 Å². The van der Waals surface area contributed by atoms with Gasteiger partial charge in [0.1, 0.15) is 11.3 Å². The molecule has 0 spiro atoms. The molecule has 0 saturated heterocycles. The van der Waals surface area contributed by atoms with Crippen LogP contribution in [-0.4, -0.2) is 18.7 Å². The first-order chi connectivity index (χ1) is 12.1. The molecule has 1 heterocycles. The van der Waals surface area contributed by atoms with E-state index >= 15 is 0 Å². The lowest BCUT2D eigenvalue weighted by Crippen LogP contribution is -2.24. The summed E-state index contributed by atoms with van der Waals surface area (Å²) in [4.78, 5) is 23.2. The molecule has 0 fully saturated rings. The molecule has 25 heavy (non-hydrogen) atoms. The van der Waals surface area contributed by atoms with E-state index in [1.807, 2.05) is 37.3 Å². The molecule has 1 N–H and O–H groups in total. The summed E-state index contributed by atoms with van der Waals surface area (Å²) >= 11 is 0. The number of ether oxygens (including phenoxy) is 1. The predicted octanol–water partition coefficient (Wildman–Crippen LogP) is 2.63. The molecule has 0 bridgehead atoms. The van der Waals surface area contributed by atoms with Crippen LogP contribution in [0.5, 0.6) is 5.75 Å². The topological polar surface area (TPSA) is 80.9 Å². The highest BCUT2D eigenvalue weighted by Crippen LogP contribution is 2.22. The zero-order valence-electron chi connectivity index (χ0n) is 13.6. The maximum Gasteiger partial charge on any atom is 0.336 e. The summed E-state index contributed by atoms with van der Waals surface area (Å²) in [6.45, 7) is 1.63. The van der Waals surface area contributed by atoms with Gasteiger partial charge in [-0.25, -0.2) is 10.2 Å². The minimum Gasteiger partial charge on any atom is -0.484 e. The number of fused-ring (bicyclic) bond motifs is 1. The van der Waals surface area contributed by atoms with Crippen molar-refractivity contribution in [2.75, 3.05) is 6.61 Å². The van der Waals surface area contributed by atoms with Crippen LogP contribution in [0.2, 0.25) is 0 Å². The summed E-state index contributed by atoms with van der Waals surface area (Å²) in [5.41, 5.74) is 4.09. The lowest BCUT2D eigenvalue weighted by atomic mass is 10.1. The maximum absolute atomic E-state index is 11.8. The molecule has 3 rings (SSSR count). The van der Waals surface area contributed by atoms with E-state index in [0.717, 1.165) is 16.5 Å². The minimum absolute atomic E-state index is 0.201. The molecule has 0 atom stereocenters. The first-order valence-electron chi connectivity index (χ1n) is 7.66. The molecule has 2 aromatic carbocycles. The van der Waals surface area contributed by atoms with Crippen LogP contribution in [0.4, 0.5) is 0 Å². The highest BCUT2D eigenvalue weighted by Gasteiger charge is 2.06. The number of amides is 1. The Balaban J connectivity index is 1.59. The number of carbonyl (C=O) groups excluding carboxylic acids is 1. The van der Waals surface area contributed by atoms with E-state index in [0.29, 0.717) is 11.3 Å². The lowest BCUT2D eigenvalue weighted by Gasteiger charge is -2.06. The van der Waals surface area contributed by atoms with Gasteiger partial charge in [0.15, 0.2) is 6.61 Å². The number of aryl methyl sites for hydroxylation is 1. The van der Waals surface area contributed by atoms with Crippen LogP contribution < -0.4 is 15.8 Å². The Hall–Kier alpha value is -3.41. The molecule has 0 aliphatic rings. The predicted molar refractivity (Wildman–Crippen MR) is 94.9 cm³/mol. The molecular formula is C19H16N2O4. The number of nitrogens with zero attached hydrogens (tertiary/aromatic N) is 1. The zero-order chi connectivity index (χ0) is 17.6. The fraction of sp³-hybridized carbons (Fsp3) is 0.105. The van der Waals surface area contributed by atoms with Crippen LogP contribution in [0.3, 0.4) is 0 Å². The average molecular weight is 336 g/mol. The number of hydrogen-bond donors (Lipinski definition) is 1. The normalized spacial score (nSPS) is 10.9. The van der Waals surface area contributed by atoms with Crippen molar-refractivity contribution in [2.45, 2.75) is 6.92 Å². The van der Waals surface area contributed by atoms with E-state index in [1.54, 1.807) is 24.4 Å². The molecule has 0 unspecified atom stereocenters. The van der Waals surface area contributed by atoms with Crippen molar-refractivity contribution < 1.29 is 13.9 Å². The van der Waals surface area contributed by atoms with E-state index in [4.69, 9.17) is 9.15 Å². The fourth-order valence-corrected chi connectivity index (χ4v) is 2.29. The summed E-state index contributed by atoms with van der Waals surface area (Å²) < 4.78 is 10.6. The summed E-state index contributed by atoms with van der Waals surface area (Å²) in [5.74, 6) is 0.0430. The molecule has 126 valence electrons. The third-order valence-electron chi connectivity index (χ3n) is 3.50. The Labute approximate surface area is 143 Å². The number of nitrogens with one attached hydrogen (secondary N) is 1. The molecule has 0 aliphatic carbocycles. The molecule has 3 aromatic rings. The van der Waals surface area contributed by atoms with E-state index in [-0.39, 0.29) is 6.61 Å². The van der Waals surface area contributed by atoms with Crippen LogP contribution >= 0.6 is 0 Å². The second-order valence-electron chi connectivity index (χ2n) is 5.40. The molecule has 1 aromatic heterocycles. The number of rotatable bonds is 5. The number of hydrazone groups is 1. The zero-order valence-corrected chi connectivity index (χ0v) is 13.6. The van der Waals surface area contributed by atoms with E-state index < -0.39 is 11.5 Å². The summed E-state index contributed by atoms with van der Waals surface area (Å²) in [6, 6.07) is 15.9. The van der Waals surface area contributed by atoms with Crippen LogP contribution in [0, 0.1) is 6.92 Å². The Morgan fingerprint density at radius 2 is 2.00 bits per heavy atom. The number of benzene rings is 2. The van der Waals surface area contributed by atoms with Crippen molar-refractivity contribution in [3.8, 4) is 5.75 Å².